The first kappa shape index (κ1) is 15.5. The van der Waals surface area contributed by atoms with Crippen LogP contribution in [0.4, 0.5) is 0 Å². The number of esters is 2. The van der Waals surface area contributed by atoms with Crippen molar-refractivity contribution in [2.24, 2.45) is 5.41 Å². The molecule has 0 atom stereocenters. The molecule has 0 fully saturated rings. The normalized spacial score (nSPS) is 17.9. The molecule has 4 heteroatoms. The van der Waals surface area contributed by atoms with Crippen LogP contribution in [0.15, 0.2) is 23.3 Å². The molecule has 106 valence electrons. The lowest BCUT2D eigenvalue weighted by Gasteiger charge is -2.24. The van der Waals surface area contributed by atoms with Gasteiger partial charge >= 0.3 is 11.9 Å². The maximum absolute atomic E-state index is 12.2. The molecule has 0 aromatic heterocycles. The molecule has 0 aromatic carbocycles. The van der Waals surface area contributed by atoms with E-state index in [0.717, 1.165) is 11.1 Å². The maximum atomic E-state index is 12.2. The fourth-order valence-corrected chi connectivity index (χ4v) is 2.19. The zero-order chi connectivity index (χ0) is 14.5. The summed E-state index contributed by atoms with van der Waals surface area (Å²) in [7, 11) is 0. The summed E-state index contributed by atoms with van der Waals surface area (Å²) in [5, 5.41) is 0. The number of allylic oxidation sites excluding steroid dienone is 4. The van der Waals surface area contributed by atoms with Crippen molar-refractivity contribution in [1.29, 1.82) is 0 Å². The Morgan fingerprint density at radius 2 is 1.79 bits per heavy atom. The molecular weight excluding hydrogens is 244 g/mol. The summed E-state index contributed by atoms with van der Waals surface area (Å²) in [6, 6.07) is 0. The lowest BCUT2D eigenvalue weighted by molar-refractivity contribution is -0.171. The minimum atomic E-state index is -1.19. The van der Waals surface area contributed by atoms with Crippen molar-refractivity contribution in [2.75, 3.05) is 13.2 Å². The van der Waals surface area contributed by atoms with E-state index in [4.69, 9.17) is 9.47 Å². The first-order valence-corrected chi connectivity index (χ1v) is 6.68. The largest absolute Gasteiger partial charge is 0.465 e. The number of carbonyl (C=O) groups excluding carboxylic acids is 2. The van der Waals surface area contributed by atoms with Crippen molar-refractivity contribution in [1.82, 2.24) is 0 Å². The van der Waals surface area contributed by atoms with Crippen LogP contribution in [0, 0.1) is 5.41 Å². The van der Waals surface area contributed by atoms with E-state index >= 15 is 0 Å². The van der Waals surface area contributed by atoms with Crippen LogP contribution in [0.2, 0.25) is 0 Å². The molecule has 0 aliphatic heterocycles. The standard InChI is InChI=1S/C15H22O4/c1-5-11(4)12-8-9-15(10-12,13(16)18-6-2)14(17)19-7-3/h5,8H,6-7,9-10H2,1-4H3/b11-5+. The highest BCUT2D eigenvalue weighted by Gasteiger charge is 2.51. The number of carbonyl (C=O) groups is 2. The summed E-state index contributed by atoms with van der Waals surface area (Å²) in [5.41, 5.74) is 0.908. The minimum Gasteiger partial charge on any atom is -0.465 e. The van der Waals surface area contributed by atoms with Gasteiger partial charge in [0, 0.05) is 0 Å². The van der Waals surface area contributed by atoms with E-state index in [-0.39, 0.29) is 13.2 Å². The van der Waals surface area contributed by atoms with Gasteiger partial charge in [0.2, 0.25) is 0 Å². The van der Waals surface area contributed by atoms with Gasteiger partial charge in [-0.25, -0.2) is 0 Å². The molecule has 19 heavy (non-hydrogen) atoms. The fraction of sp³-hybridized carbons (Fsp3) is 0.600. The smallest absolute Gasteiger partial charge is 0.324 e. The van der Waals surface area contributed by atoms with Crippen LogP contribution in [-0.4, -0.2) is 25.2 Å². The van der Waals surface area contributed by atoms with E-state index in [1.165, 1.54) is 0 Å². The highest BCUT2D eigenvalue weighted by atomic mass is 16.6. The van der Waals surface area contributed by atoms with Crippen LogP contribution in [-0.2, 0) is 19.1 Å². The molecule has 0 spiro atoms. The monoisotopic (exact) mass is 266 g/mol. The van der Waals surface area contributed by atoms with Crippen LogP contribution in [0.25, 0.3) is 0 Å². The van der Waals surface area contributed by atoms with E-state index < -0.39 is 17.4 Å². The van der Waals surface area contributed by atoms with Gasteiger partial charge in [-0.3, -0.25) is 9.59 Å². The zero-order valence-corrected chi connectivity index (χ0v) is 12.1. The minimum absolute atomic E-state index is 0.262. The third kappa shape index (κ3) is 3.06. The first-order valence-electron chi connectivity index (χ1n) is 6.68. The van der Waals surface area contributed by atoms with Crippen LogP contribution in [0.1, 0.15) is 40.5 Å². The molecule has 0 bridgehead atoms. The second-order valence-corrected chi connectivity index (χ2v) is 4.60. The van der Waals surface area contributed by atoms with Gasteiger partial charge < -0.3 is 9.47 Å². The van der Waals surface area contributed by atoms with Gasteiger partial charge in [-0.05, 0) is 46.1 Å². The summed E-state index contributed by atoms with van der Waals surface area (Å²) in [4.78, 5) is 24.3. The molecule has 0 N–H and O–H groups in total. The number of hydrogen-bond donors (Lipinski definition) is 0. The third-order valence-electron chi connectivity index (χ3n) is 3.46. The molecule has 1 aliphatic rings. The molecule has 0 heterocycles. The van der Waals surface area contributed by atoms with Gasteiger partial charge in [-0.15, -0.1) is 0 Å². The zero-order valence-electron chi connectivity index (χ0n) is 12.1. The molecule has 0 radical (unpaired) electrons. The maximum Gasteiger partial charge on any atom is 0.324 e. The van der Waals surface area contributed by atoms with Crippen molar-refractivity contribution in [3.05, 3.63) is 23.3 Å². The molecule has 1 aliphatic carbocycles. The van der Waals surface area contributed by atoms with E-state index in [1.807, 2.05) is 26.0 Å². The fourth-order valence-electron chi connectivity index (χ4n) is 2.19. The topological polar surface area (TPSA) is 52.6 Å². The Labute approximate surface area is 114 Å². The average molecular weight is 266 g/mol. The first-order chi connectivity index (χ1) is 9.01. The summed E-state index contributed by atoms with van der Waals surface area (Å²) < 4.78 is 10.1. The highest BCUT2D eigenvalue weighted by Crippen LogP contribution is 2.42. The predicted octanol–water partition coefficient (Wildman–Crippen LogP) is 2.79. The Kier molecular flexibility index (Phi) is 5.33. The molecule has 0 amide bonds. The second-order valence-electron chi connectivity index (χ2n) is 4.60. The molecule has 0 saturated heterocycles. The SMILES string of the molecule is C/C=C(\C)C1=CCC(C(=O)OCC)(C(=O)OCC)C1. The third-order valence-corrected chi connectivity index (χ3v) is 3.46. The number of ether oxygens (including phenoxy) is 2. The molecular formula is C15H22O4. The second kappa shape index (κ2) is 6.55. The van der Waals surface area contributed by atoms with E-state index in [1.54, 1.807) is 13.8 Å². The van der Waals surface area contributed by atoms with Gasteiger partial charge in [-0.2, -0.15) is 0 Å². The van der Waals surface area contributed by atoms with Crippen LogP contribution >= 0.6 is 0 Å². The Balaban J connectivity index is 2.99. The van der Waals surface area contributed by atoms with Crippen molar-refractivity contribution in [3.63, 3.8) is 0 Å². The van der Waals surface area contributed by atoms with Gasteiger partial charge in [0.05, 0.1) is 13.2 Å². The predicted molar refractivity (Wildman–Crippen MR) is 72.4 cm³/mol. The van der Waals surface area contributed by atoms with Gasteiger partial charge in [0.25, 0.3) is 0 Å². The van der Waals surface area contributed by atoms with Crippen molar-refractivity contribution in [2.45, 2.75) is 40.5 Å². The Morgan fingerprint density at radius 3 is 2.21 bits per heavy atom. The van der Waals surface area contributed by atoms with Gasteiger partial charge in [-0.1, -0.05) is 17.7 Å². The van der Waals surface area contributed by atoms with Crippen LogP contribution in [0.3, 0.4) is 0 Å². The molecule has 1 rings (SSSR count). The van der Waals surface area contributed by atoms with E-state index in [2.05, 4.69) is 0 Å². The summed E-state index contributed by atoms with van der Waals surface area (Å²) in [6.45, 7) is 7.90. The van der Waals surface area contributed by atoms with Gasteiger partial charge in [0.15, 0.2) is 5.41 Å². The van der Waals surface area contributed by atoms with Gasteiger partial charge in [0.1, 0.15) is 0 Å². The Morgan fingerprint density at radius 1 is 1.26 bits per heavy atom. The van der Waals surface area contributed by atoms with E-state index in [9.17, 15) is 9.59 Å². The Hall–Kier alpha value is -1.58. The number of hydrogen-bond acceptors (Lipinski definition) is 4. The number of rotatable bonds is 5. The van der Waals surface area contributed by atoms with Crippen LogP contribution < -0.4 is 0 Å². The summed E-state index contributed by atoms with van der Waals surface area (Å²) >= 11 is 0. The summed E-state index contributed by atoms with van der Waals surface area (Å²) in [6.07, 6.45) is 4.62. The van der Waals surface area contributed by atoms with Crippen molar-refractivity contribution in [3.8, 4) is 0 Å². The Bertz CT molecular complexity index is 400. The lowest BCUT2D eigenvalue weighted by Crippen LogP contribution is -2.40. The molecule has 4 nitrogen and oxygen atoms in total. The average Bonchev–Trinajstić information content (AvgIpc) is 2.85. The highest BCUT2D eigenvalue weighted by molar-refractivity contribution is 6.01. The van der Waals surface area contributed by atoms with Crippen molar-refractivity contribution < 1.29 is 19.1 Å². The lowest BCUT2D eigenvalue weighted by atomic mass is 9.83. The van der Waals surface area contributed by atoms with Crippen molar-refractivity contribution >= 4 is 11.9 Å². The summed E-state index contributed by atoms with van der Waals surface area (Å²) in [5.74, 6) is -0.966. The van der Waals surface area contributed by atoms with Crippen LogP contribution in [0.5, 0.6) is 0 Å². The molecule has 0 aromatic rings. The van der Waals surface area contributed by atoms with E-state index in [0.29, 0.717) is 12.8 Å². The molecule has 0 unspecified atom stereocenters. The quantitative estimate of drug-likeness (QED) is 0.567. The molecule has 0 saturated carbocycles.